The van der Waals surface area contributed by atoms with Crippen molar-refractivity contribution in [2.24, 2.45) is 0 Å². The highest BCUT2D eigenvalue weighted by Crippen LogP contribution is 2.21. The van der Waals surface area contributed by atoms with Gasteiger partial charge >= 0.3 is 18.0 Å². The molecule has 0 fully saturated rings. The summed E-state index contributed by atoms with van der Waals surface area (Å²) in [4.78, 5) is 49.5. The predicted octanol–water partition coefficient (Wildman–Crippen LogP) is 2.91. The van der Waals surface area contributed by atoms with Gasteiger partial charge in [-0.1, -0.05) is 31.2 Å². The van der Waals surface area contributed by atoms with Gasteiger partial charge in [-0.25, -0.2) is 18.8 Å². The van der Waals surface area contributed by atoms with E-state index in [2.05, 4.69) is 16.0 Å². The van der Waals surface area contributed by atoms with Crippen molar-refractivity contribution in [2.75, 3.05) is 25.1 Å². The zero-order chi connectivity index (χ0) is 26.1. The van der Waals surface area contributed by atoms with E-state index in [0.717, 1.165) is 0 Å². The fourth-order valence-corrected chi connectivity index (χ4v) is 3.44. The third-order valence-electron chi connectivity index (χ3n) is 5.11. The van der Waals surface area contributed by atoms with E-state index in [4.69, 9.17) is 14.2 Å². The molecule has 0 aromatic heterocycles. The molecule has 0 saturated heterocycles. The minimum absolute atomic E-state index is 0.00104. The molecule has 0 aliphatic carbocycles. The lowest BCUT2D eigenvalue weighted by atomic mass is 10.0. The number of hydrogen-bond acceptors (Lipinski definition) is 7. The van der Waals surface area contributed by atoms with E-state index in [0.29, 0.717) is 6.42 Å². The largest absolute Gasteiger partial charge is 0.483 e. The number of anilines is 1. The van der Waals surface area contributed by atoms with Gasteiger partial charge in [0, 0.05) is 0 Å². The smallest absolute Gasteiger partial charge is 0.342 e. The number of urea groups is 1. The van der Waals surface area contributed by atoms with Crippen LogP contribution in [-0.2, 0) is 19.1 Å². The Morgan fingerprint density at radius 2 is 1.72 bits per heavy atom. The monoisotopic (exact) mass is 499 g/mol. The van der Waals surface area contributed by atoms with Gasteiger partial charge in [0.1, 0.15) is 23.7 Å². The standard InChI is InChI=1S/C25H26FN3O7/c1-3-17-22(24(32)34-4-2)19(29-25(33)28-17)13-36-23(31)15-9-5-8-12-20(15)35-14-21(30)27-18-11-7-6-10-16(18)26/h5-12,17H,3-4,13-14H2,1-2H3,(H,27,30)(H2,28,29,33). The van der Waals surface area contributed by atoms with Crippen molar-refractivity contribution in [1.29, 1.82) is 0 Å². The fraction of sp³-hybridized carbons (Fsp3) is 0.280. The van der Waals surface area contributed by atoms with Crippen LogP contribution in [0, 0.1) is 5.82 Å². The molecular weight excluding hydrogens is 473 g/mol. The Balaban J connectivity index is 1.69. The zero-order valence-electron chi connectivity index (χ0n) is 19.8. The number of halogens is 1. The summed E-state index contributed by atoms with van der Waals surface area (Å²) < 4.78 is 29.6. The normalized spacial score (nSPS) is 14.9. The number of nitrogens with one attached hydrogen (secondary N) is 3. The number of rotatable bonds is 10. The van der Waals surface area contributed by atoms with E-state index in [1.54, 1.807) is 32.0 Å². The lowest BCUT2D eigenvalue weighted by Crippen LogP contribution is -2.51. The maximum Gasteiger partial charge on any atom is 0.342 e. The Bertz CT molecular complexity index is 1180. The number of esters is 2. The molecule has 2 aromatic carbocycles. The molecule has 36 heavy (non-hydrogen) atoms. The Morgan fingerprint density at radius 1 is 1.00 bits per heavy atom. The average Bonchev–Trinajstić information content (AvgIpc) is 2.87. The lowest BCUT2D eigenvalue weighted by molar-refractivity contribution is -0.139. The van der Waals surface area contributed by atoms with Crippen LogP contribution in [0.3, 0.4) is 0 Å². The van der Waals surface area contributed by atoms with Crippen LogP contribution >= 0.6 is 0 Å². The van der Waals surface area contributed by atoms with Gasteiger partial charge in [0.2, 0.25) is 0 Å². The number of benzene rings is 2. The molecule has 1 atom stereocenters. The second-order valence-electron chi connectivity index (χ2n) is 7.56. The van der Waals surface area contributed by atoms with Gasteiger partial charge in [-0.05, 0) is 37.6 Å². The summed E-state index contributed by atoms with van der Waals surface area (Å²) in [6.07, 6.45) is 0.421. The average molecular weight is 499 g/mol. The van der Waals surface area contributed by atoms with Crippen molar-refractivity contribution in [3.8, 4) is 5.75 Å². The molecule has 2 aromatic rings. The summed E-state index contributed by atoms with van der Waals surface area (Å²) in [5.41, 5.74) is 0.293. The van der Waals surface area contributed by atoms with Gasteiger partial charge in [0.05, 0.1) is 29.6 Å². The minimum Gasteiger partial charge on any atom is -0.483 e. The van der Waals surface area contributed by atoms with Crippen LogP contribution in [0.5, 0.6) is 5.75 Å². The Morgan fingerprint density at radius 3 is 2.44 bits per heavy atom. The van der Waals surface area contributed by atoms with Crippen LogP contribution in [0.1, 0.15) is 30.6 Å². The zero-order valence-corrected chi connectivity index (χ0v) is 19.8. The summed E-state index contributed by atoms with van der Waals surface area (Å²) in [6, 6.07) is 10.6. The SMILES string of the molecule is CCOC(=O)C1=C(COC(=O)c2ccccc2OCC(=O)Nc2ccccc2F)NC(=O)NC1CC. The third-order valence-corrected chi connectivity index (χ3v) is 5.11. The molecule has 0 saturated carbocycles. The molecule has 1 unspecified atom stereocenters. The first kappa shape index (κ1) is 26.2. The van der Waals surface area contributed by atoms with Crippen LogP contribution < -0.4 is 20.7 Å². The molecule has 3 N–H and O–H groups in total. The highest BCUT2D eigenvalue weighted by Gasteiger charge is 2.32. The van der Waals surface area contributed by atoms with E-state index in [1.165, 1.54) is 30.3 Å². The van der Waals surface area contributed by atoms with Gasteiger partial charge < -0.3 is 30.2 Å². The number of carbonyl (C=O) groups excluding carboxylic acids is 4. The predicted molar refractivity (Wildman–Crippen MR) is 127 cm³/mol. The number of para-hydroxylation sites is 2. The molecule has 1 heterocycles. The highest BCUT2D eigenvalue weighted by atomic mass is 19.1. The van der Waals surface area contributed by atoms with Crippen molar-refractivity contribution in [1.82, 2.24) is 10.6 Å². The first-order valence-corrected chi connectivity index (χ1v) is 11.2. The van der Waals surface area contributed by atoms with Crippen LogP contribution in [0.4, 0.5) is 14.9 Å². The van der Waals surface area contributed by atoms with Crippen molar-refractivity contribution < 1.29 is 37.8 Å². The quantitative estimate of drug-likeness (QED) is 0.428. The van der Waals surface area contributed by atoms with Gasteiger partial charge in [-0.15, -0.1) is 0 Å². The van der Waals surface area contributed by atoms with Gasteiger partial charge in [-0.2, -0.15) is 0 Å². The second-order valence-corrected chi connectivity index (χ2v) is 7.56. The Labute approximate surface area is 206 Å². The van der Waals surface area contributed by atoms with Crippen LogP contribution in [0.25, 0.3) is 0 Å². The topological polar surface area (TPSA) is 132 Å². The van der Waals surface area contributed by atoms with E-state index in [-0.39, 0.29) is 34.9 Å². The van der Waals surface area contributed by atoms with Crippen LogP contribution in [0.15, 0.2) is 59.8 Å². The highest BCUT2D eigenvalue weighted by molar-refractivity contribution is 5.96. The Kier molecular flexibility index (Phi) is 8.98. The van der Waals surface area contributed by atoms with Gasteiger partial charge in [0.15, 0.2) is 6.61 Å². The molecule has 0 radical (unpaired) electrons. The first-order chi connectivity index (χ1) is 17.3. The summed E-state index contributed by atoms with van der Waals surface area (Å²) in [5.74, 6) is -2.60. The minimum atomic E-state index is -0.809. The Hall–Kier alpha value is -4.41. The van der Waals surface area contributed by atoms with Crippen LogP contribution in [0.2, 0.25) is 0 Å². The van der Waals surface area contributed by atoms with Crippen molar-refractivity contribution in [3.63, 3.8) is 0 Å². The molecule has 0 bridgehead atoms. The van der Waals surface area contributed by atoms with Gasteiger partial charge in [0.25, 0.3) is 5.91 Å². The molecule has 1 aliphatic rings. The molecule has 190 valence electrons. The van der Waals surface area contributed by atoms with Crippen molar-refractivity contribution >= 4 is 29.6 Å². The summed E-state index contributed by atoms with van der Waals surface area (Å²) >= 11 is 0. The maximum absolute atomic E-state index is 13.7. The summed E-state index contributed by atoms with van der Waals surface area (Å²) in [6.45, 7) is 2.68. The number of hydrogen-bond donors (Lipinski definition) is 3. The number of amides is 3. The van der Waals surface area contributed by atoms with Crippen molar-refractivity contribution in [2.45, 2.75) is 26.3 Å². The number of ether oxygens (including phenoxy) is 3. The molecule has 11 heteroatoms. The second kappa shape index (κ2) is 12.3. The van der Waals surface area contributed by atoms with Gasteiger partial charge in [-0.3, -0.25) is 4.79 Å². The maximum atomic E-state index is 13.7. The molecule has 3 rings (SSSR count). The van der Waals surface area contributed by atoms with E-state index in [1.807, 2.05) is 0 Å². The van der Waals surface area contributed by atoms with Crippen LogP contribution in [-0.4, -0.2) is 49.7 Å². The molecule has 0 spiro atoms. The van der Waals surface area contributed by atoms with E-state index >= 15 is 0 Å². The van der Waals surface area contributed by atoms with E-state index in [9.17, 15) is 23.6 Å². The fourth-order valence-electron chi connectivity index (χ4n) is 3.44. The molecule has 3 amide bonds. The lowest BCUT2D eigenvalue weighted by Gasteiger charge is -2.28. The first-order valence-electron chi connectivity index (χ1n) is 11.2. The van der Waals surface area contributed by atoms with Crippen molar-refractivity contribution in [3.05, 3.63) is 71.2 Å². The molecule has 1 aliphatic heterocycles. The summed E-state index contributed by atoms with van der Waals surface area (Å²) in [5, 5.41) is 7.51. The third kappa shape index (κ3) is 6.59. The van der Waals surface area contributed by atoms with E-state index < -0.39 is 48.9 Å². The molecule has 10 nitrogen and oxygen atoms in total. The summed E-state index contributed by atoms with van der Waals surface area (Å²) in [7, 11) is 0. The number of carbonyl (C=O) groups is 4. The molecular formula is C25H26FN3O7.